The Balaban J connectivity index is 1.96. The van der Waals surface area contributed by atoms with E-state index in [1.54, 1.807) is 0 Å². The normalized spacial score (nSPS) is 15.3. The van der Waals surface area contributed by atoms with Crippen LogP contribution in [0.4, 0.5) is 0 Å². The van der Waals surface area contributed by atoms with Crippen molar-refractivity contribution in [3.8, 4) is 12.3 Å². The maximum Gasteiger partial charge on any atom is 0.234 e. The number of nitrogens with zero attached hydrogens (tertiary/aromatic N) is 1. The number of hydrogen-bond donors (Lipinski definition) is 1. The van der Waals surface area contributed by atoms with Crippen LogP contribution in [0.3, 0.4) is 0 Å². The van der Waals surface area contributed by atoms with Crippen LogP contribution < -0.4 is 5.32 Å². The minimum atomic E-state index is 0.00679. The molecule has 1 aliphatic rings. The first kappa shape index (κ1) is 12.7. The summed E-state index contributed by atoms with van der Waals surface area (Å²) in [6.45, 7) is 2.54. The van der Waals surface area contributed by atoms with Crippen molar-refractivity contribution >= 4 is 5.91 Å². The highest BCUT2D eigenvalue weighted by Gasteiger charge is 2.15. The van der Waals surface area contributed by atoms with E-state index in [0.29, 0.717) is 13.1 Å². The number of nitrogens with one attached hydrogen (secondary N) is 1. The summed E-state index contributed by atoms with van der Waals surface area (Å²) in [5, 5.41) is 2.71. The monoisotopic (exact) mass is 242 g/mol. The zero-order valence-corrected chi connectivity index (χ0v) is 10.5. The Morgan fingerprint density at radius 2 is 2.17 bits per heavy atom. The number of aryl methyl sites for hydroxylation is 1. The molecular formula is C15H18N2O. The number of carbonyl (C=O) groups is 1. The molecule has 0 aromatic heterocycles. The summed E-state index contributed by atoms with van der Waals surface area (Å²) < 4.78 is 0. The summed E-state index contributed by atoms with van der Waals surface area (Å²) in [5.41, 5.74) is 2.74. The van der Waals surface area contributed by atoms with E-state index in [4.69, 9.17) is 6.42 Å². The molecule has 0 unspecified atom stereocenters. The quantitative estimate of drug-likeness (QED) is 0.807. The SMILES string of the molecule is C#CCNC(=O)CN1CCCc2ccccc2C1. The van der Waals surface area contributed by atoms with E-state index in [1.165, 1.54) is 11.1 Å². The first-order valence-corrected chi connectivity index (χ1v) is 6.29. The molecular weight excluding hydrogens is 224 g/mol. The zero-order chi connectivity index (χ0) is 12.8. The Bertz CT molecular complexity index is 462. The molecule has 18 heavy (non-hydrogen) atoms. The van der Waals surface area contributed by atoms with Crippen molar-refractivity contribution in [1.29, 1.82) is 0 Å². The van der Waals surface area contributed by atoms with Crippen LogP contribution in [0, 0.1) is 12.3 Å². The minimum Gasteiger partial charge on any atom is -0.344 e. The van der Waals surface area contributed by atoms with Gasteiger partial charge in [0, 0.05) is 6.54 Å². The Morgan fingerprint density at radius 1 is 1.39 bits per heavy atom. The summed E-state index contributed by atoms with van der Waals surface area (Å²) in [5.74, 6) is 2.42. The summed E-state index contributed by atoms with van der Waals surface area (Å²) in [7, 11) is 0. The predicted molar refractivity (Wildman–Crippen MR) is 71.9 cm³/mol. The Hall–Kier alpha value is -1.79. The lowest BCUT2D eigenvalue weighted by molar-refractivity contribution is -0.122. The lowest BCUT2D eigenvalue weighted by atomic mass is 10.0. The van der Waals surface area contributed by atoms with Crippen molar-refractivity contribution in [2.45, 2.75) is 19.4 Å². The Kier molecular flexibility index (Phi) is 4.38. The number of terminal acetylenes is 1. The number of benzene rings is 1. The lowest BCUT2D eigenvalue weighted by Crippen LogP contribution is -2.37. The van der Waals surface area contributed by atoms with Crippen LogP contribution in [0.5, 0.6) is 0 Å². The van der Waals surface area contributed by atoms with Gasteiger partial charge in [-0.3, -0.25) is 9.69 Å². The van der Waals surface area contributed by atoms with Gasteiger partial charge in [0.15, 0.2) is 0 Å². The molecule has 0 spiro atoms. The lowest BCUT2D eigenvalue weighted by Gasteiger charge is -2.19. The van der Waals surface area contributed by atoms with E-state index in [-0.39, 0.29) is 5.91 Å². The van der Waals surface area contributed by atoms with Crippen LogP contribution in [0.15, 0.2) is 24.3 Å². The van der Waals surface area contributed by atoms with E-state index < -0.39 is 0 Å². The van der Waals surface area contributed by atoms with E-state index in [0.717, 1.165) is 25.9 Å². The third kappa shape index (κ3) is 3.35. The molecule has 1 amide bonds. The molecule has 2 rings (SSSR count). The van der Waals surface area contributed by atoms with Gasteiger partial charge >= 0.3 is 0 Å². The van der Waals surface area contributed by atoms with Gasteiger partial charge in [0.2, 0.25) is 5.91 Å². The molecule has 1 aromatic carbocycles. The molecule has 3 heteroatoms. The average molecular weight is 242 g/mol. The van der Waals surface area contributed by atoms with Crippen LogP contribution in [0.25, 0.3) is 0 Å². The molecule has 0 saturated carbocycles. The standard InChI is InChI=1S/C15H18N2O/c1-2-9-16-15(18)12-17-10-5-8-13-6-3-4-7-14(13)11-17/h1,3-4,6-7H,5,8-12H2,(H,16,18). The zero-order valence-electron chi connectivity index (χ0n) is 10.5. The van der Waals surface area contributed by atoms with Gasteiger partial charge < -0.3 is 5.32 Å². The highest BCUT2D eigenvalue weighted by Crippen LogP contribution is 2.17. The average Bonchev–Trinajstić information content (AvgIpc) is 2.57. The second-order valence-corrected chi connectivity index (χ2v) is 4.56. The molecule has 0 bridgehead atoms. The summed E-state index contributed by atoms with van der Waals surface area (Å²) in [6, 6.07) is 8.46. The van der Waals surface area contributed by atoms with Crippen LogP contribution >= 0.6 is 0 Å². The molecule has 0 atom stereocenters. The van der Waals surface area contributed by atoms with Gasteiger partial charge in [0.1, 0.15) is 0 Å². The number of amides is 1. The first-order chi connectivity index (χ1) is 8.79. The molecule has 0 aliphatic carbocycles. The number of hydrogen-bond acceptors (Lipinski definition) is 2. The molecule has 0 saturated heterocycles. The maximum atomic E-state index is 11.6. The van der Waals surface area contributed by atoms with E-state index >= 15 is 0 Å². The third-order valence-electron chi connectivity index (χ3n) is 3.19. The maximum absolute atomic E-state index is 11.6. The van der Waals surface area contributed by atoms with Gasteiger partial charge in [-0.05, 0) is 30.5 Å². The smallest absolute Gasteiger partial charge is 0.234 e. The van der Waals surface area contributed by atoms with Gasteiger partial charge in [-0.25, -0.2) is 0 Å². The Morgan fingerprint density at radius 3 is 2.94 bits per heavy atom. The van der Waals surface area contributed by atoms with E-state index in [9.17, 15) is 4.79 Å². The Labute approximate surface area is 108 Å². The van der Waals surface area contributed by atoms with Crippen molar-refractivity contribution in [3.05, 3.63) is 35.4 Å². The number of fused-ring (bicyclic) bond motifs is 1. The fourth-order valence-electron chi connectivity index (χ4n) is 2.31. The molecule has 1 heterocycles. The van der Waals surface area contributed by atoms with Crippen LogP contribution in [0.2, 0.25) is 0 Å². The second kappa shape index (κ2) is 6.23. The number of rotatable bonds is 3. The molecule has 1 N–H and O–H groups in total. The second-order valence-electron chi connectivity index (χ2n) is 4.56. The van der Waals surface area contributed by atoms with Crippen molar-refractivity contribution in [3.63, 3.8) is 0 Å². The summed E-state index contributed by atoms with van der Waals surface area (Å²) >= 11 is 0. The molecule has 0 fully saturated rings. The molecule has 3 nitrogen and oxygen atoms in total. The molecule has 94 valence electrons. The van der Waals surface area contributed by atoms with E-state index in [1.807, 2.05) is 0 Å². The van der Waals surface area contributed by atoms with E-state index in [2.05, 4.69) is 40.4 Å². The van der Waals surface area contributed by atoms with Gasteiger partial charge in [0.05, 0.1) is 13.1 Å². The summed E-state index contributed by atoms with van der Waals surface area (Å²) in [4.78, 5) is 13.8. The van der Waals surface area contributed by atoms with Gasteiger partial charge in [-0.15, -0.1) is 6.42 Å². The highest BCUT2D eigenvalue weighted by atomic mass is 16.2. The van der Waals surface area contributed by atoms with Crippen LogP contribution in [-0.4, -0.2) is 30.4 Å². The van der Waals surface area contributed by atoms with Crippen molar-refractivity contribution in [2.24, 2.45) is 0 Å². The first-order valence-electron chi connectivity index (χ1n) is 6.29. The molecule has 0 radical (unpaired) electrons. The largest absolute Gasteiger partial charge is 0.344 e. The summed E-state index contributed by atoms with van der Waals surface area (Å²) in [6.07, 6.45) is 7.31. The number of carbonyl (C=O) groups excluding carboxylic acids is 1. The predicted octanol–water partition coefficient (Wildman–Crippen LogP) is 1.18. The fourth-order valence-corrected chi connectivity index (χ4v) is 2.31. The minimum absolute atomic E-state index is 0.00679. The van der Waals surface area contributed by atoms with Crippen LogP contribution in [-0.2, 0) is 17.8 Å². The van der Waals surface area contributed by atoms with Crippen molar-refractivity contribution in [1.82, 2.24) is 10.2 Å². The molecule has 1 aromatic rings. The van der Waals surface area contributed by atoms with Gasteiger partial charge in [-0.2, -0.15) is 0 Å². The highest BCUT2D eigenvalue weighted by molar-refractivity contribution is 5.78. The molecule has 1 aliphatic heterocycles. The van der Waals surface area contributed by atoms with Crippen molar-refractivity contribution in [2.75, 3.05) is 19.6 Å². The topological polar surface area (TPSA) is 32.3 Å². The van der Waals surface area contributed by atoms with Gasteiger partial charge in [-0.1, -0.05) is 30.2 Å². The van der Waals surface area contributed by atoms with Gasteiger partial charge in [0.25, 0.3) is 0 Å². The van der Waals surface area contributed by atoms with Crippen LogP contribution in [0.1, 0.15) is 17.5 Å². The van der Waals surface area contributed by atoms with Crippen molar-refractivity contribution < 1.29 is 4.79 Å². The fraction of sp³-hybridized carbons (Fsp3) is 0.400. The third-order valence-corrected chi connectivity index (χ3v) is 3.19.